The summed E-state index contributed by atoms with van der Waals surface area (Å²) in [5, 5.41) is 22.1. The van der Waals surface area contributed by atoms with Gasteiger partial charge < -0.3 is 9.94 Å². The average Bonchev–Trinajstić information content (AvgIpc) is 2.80. The molecule has 0 unspecified atom stereocenters. The highest BCUT2D eigenvalue weighted by Gasteiger charge is 2.31. The van der Waals surface area contributed by atoms with Gasteiger partial charge in [-0.3, -0.25) is 0 Å². The van der Waals surface area contributed by atoms with Gasteiger partial charge in [0.05, 0.1) is 0 Å². The quantitative estimate of drug-likeness (QED) is 0.711. The van der Waals surface area contributed by atoms with Crippen molar-refractivity contribution in [2.45, 2.75) is 0 Å². The monoisotopic (exact) mass is 280 g/mol. The predicted octanol–water partition coefficient (Wildman–Crippen LogP) is 1.43. The van der Waals surface area contributed by atoms with Crippen LogP contribution in [0.3, 0.4) is 0 Å². The molecule has 0 amide bonds. The van der Waals surface area contributed by atoms with Crippen LogP contribution in [-0.2, 0) is 4.84 Å². The number of nitriles is 1. The number of rotatable bonds is 2. The third kappa shape index (κ3) is 1.81. The maximum Gasteiger partial charge on any atom is 0.357 e. The van der Waals surface area contributed by atoms with Gasteiger partial charge in [0, 0.05) is 11.1 Å². The molecule has 1 heterocycles. The fourth-order valence-electron chi connectivity index (χ4n) is 2.22. The lowest BCUT2D eigenvalue weighted by Gasteiger charge is -2.02. The minimum absolute atomic E-state index is 0.252. The molecule has 0 atom stereocenters. The molecule has 2 aromatic rings. The van der Waals surface area contributed by atoms with Crippen LogP contribution in [0.4, 0.5) is 0 Å². The van der Waals surface area contributed by atoms with Gasteiger partial charge in [0.2, 0.25) is 0 Å². The average molecular weight is 280 g/mol. The predicted molar refractivity (Wildman–Crippen MR) is 71.8 cm³/mol. The zero-order chi connectivity index (χ0) is 15.0. The largest absolute Gasteiger partial charge is 0.476 e. The Morgan fingerprint density at radius 1 is 1.29 bits per heavy atom. The van der Waals surface area contributed by atoms with Crippen LogP contribution in [0.5, 0.6) is 0 Å². The Labute approximate surface area is 119 Å². The lowest BCUT2D eigenvalue weighted by molar-refractivity contribution is 0.0689. The van der Waals surface area contributed by atoms with E-state index in [-0.39, 0.29) is 11.4 Å². The summed E-state index contributed by atoms with van der Waals surface area (Å²) in [6, 6.07) is 8.97. The molecule has 1 aliphatic rings. The Hall–Kier alpha value is -3.27. The molecular formula is C14H8N4O3. The molecule has 0 spiro atoms. The molecule has 0 radical (unpaired) electrons. The van der Waals surface area contributed by atoms with E-state index < -0.39 is 5.97 Å². The van der Waals surface area contributed by atoms with Gasteiger partial charge in [0.15, 0.2) is 11.4 Å². The summed E-state index contributed by atoms with van der Waals surface area (Å²) >= 11 is 0. The lowest BCUT2D eigenvalue weighted by atomic mass is 10.1. The second-order valence-corrected chi connectivity index (χ2v) is 4.20. The molecule has 1 aromatic heterocycles. The Morgan fingerprint density at radius 2 is 2.00 bits per heavy atom. The molecule has 1 aliphatic carbocycles. The highest BCUT2D eigenvalue weighted by atomic mass is 16.6. The Morgan fingerprint density at radius 3 is 2.62 bits per heavy atom. The summed E-state index contributed by atoms with van der Waals surface area (Å²) in [6.45, 7) is 0. The van der Waals surface area contributed by atoms with Crippen molar-refractivity contribution in [3.8, 4) is 17.3 Å². The van der Waals surface area contributed by atoms with Crippen molar-refractivity contribution < 1.29 is 14.7 Å². The van der Waals surface area contributed by atoms with E-state index in [2.05, 4.69) is 15.1 Å². The van der Waals surface area contributed by atoms with Crippen molar-refractivity contribution in [1.29, 1.82) is 5.26 Å². The van der Waals surface area contributed by atoms with Gasteiger partial charge in [0.1, 0.15) is 30.3 Å². The SMILES string of the molecule is CON=C1c2ccccc2-c2nc(C(=O)O)c(C#N)nc21. The molecule has 1 aromatic carbocycles. The van der Waals surface area contributed by atoms with Crippen LogP contribution >= 0.6 is 0 Å². The summed E-state index contributed by atoms with van der Waals surface area (Å²) in [6.07, 6.45) is 0. The van der Waals surface area contributed by atoms with Crippen molar-refractivity contribution in [3.63, 3.8) is 0 Å². The first-order valence-electron chi connectivity index (χ1n) is 5.94. The number of oxime groups is 1. The summed E-state index contributed by atoms with van der Waals surface area (Å²) in [4.78, 5) is 24.2. The number of carbonyl (C=O) groups is 1. The second-order valence-electron chi connectivity index (χ2n) is 4.20. The van der Waals surface area contributed by atoms with Gasteiger partial charge in [-0.05, 0) is 0 Å². The highest BCUT2D eigenvalue weighted by molar-refractivity contribution is 6.22. The van der Waals surface area contributed by atoms with E-state index in [1.165, 1.54) is 7.11 Å². The lowest BCUT2D eigenvalue weighted by Crippen LogP contribution is -2.11. The molecule has 0 bridgehead atoms. The smallest absolute Gasteiger partial charge is 0.357 e. The number of fused-ring (bicyclic) bond motifs is 3. The number of hydrogen-bond donors (Lipinski definition) is 1. The van der Waals surface area contributed by atoms with Crippen molar-refractivity contribution in [2.75, 3.05) is 7.11 Å². The summed E-state index contributed by atoms with van der Waals surface area (Å²) in [5.74, 6) is -1.29. The number of aromatic carboxylic acids is 1. The molecule has 1 N–H and O–H groups in total. The van der Waals surface area contributed by atoms with Gasteiger partial charge in [0.25, 0.3) is 0 Å². The summed E-state index contributed by atoms with van der Waals surface area (Å²) in [7, 11) is 1.40. The van der Waals surface area contributed by atoms with Gasteiger partial charge in [-0.25, -0.2) is 14.8 Å². The zero-order valence-corrected chi connectivity index (χ0v) is 10.9. The van der Waals surface area contributed by atoms with E-state index in [1.54, 1.807) is 18.2 Å². The molecule has 7 heteroatoms. The van der Waals surface area contributed by atoms with Crippen LogP contribution in [0.1, 0.15) is 27.4 Å². The number of nitrogens with zero attached hydrogens (tertiary/aromatic N) is 4. The van der Waals surface area contributed by atoms with Gasteiger partial charge in [-0.15, -0.1) is 0 Å². The molecule has 0 aliphatic heterocycles. The van der Waals surface area contributed by atoms with Crippen LogP contribution in [0.2, 0.25) is 0 Å². The van der Waals surface area contributed by atoms with E-state index in [0.29, 0.717) is 22.7 Å². The van der Waals surface area contributed by atoms with Crippen molar-refractivity contribution in [1.82, 2.24) is 9.97 Å². The molecular weight excluding hydrogens is 272 g/mol. The molecule has 21 heavy (non-hydrogen) atoms. The summed E-state index contributed by atoms with van der Waals surface area (Å²) in [5.41, 5.74) is 1.99. The zero-order valence-electron chi connectivity index (χ0n) is 10.9. The number of carboxylic acid groups (broad SMARTS) is 1. The van der Waals surface area contributed by atoms with E-state index in [0.717, 1.165) is 5.56 Å². The van der Waals surface area contributed by atoms with E-state index in [9.17, 15) is 4.79 Å². The first-order chi connectivity index (χ1) is 10.2. The first-order valence-corrected chi connectivity index (χ1v) is 5.94. The first kappa shape index (κ1) is 12.7. The third-order valence-electron chi connectivity index (χ3n) is 3.05. The molecule has 0 fully saturated rings. The number of hydrogen-bond acceptors (Lipinski definition) is 6. The minimum Gasteiger partial charge on any atom is -0.476 e. The molecule has 0 saturated heterocycles. The standard InChI is InChI=1S/C14H8N4O3/c1-21-18-11-8-5-3-2-4-7(8)10-13(11)16-9(6-15)12(17-10)14(19)20/h2-5H,1H3,(H,19,20). The fraction of sp³-hybridized carbons (Fsp3) is 0.0714. The van der Waals surface area contributed by atoms with Crippen LogP contribution in [0, 0.1) is 11.3 Å². The van der Waals surface area contributed by atoms with Crippen molar-refractivity contribution in [2.24, 2.45) is 5.16 Å². The maximum absolute atomic E-state index is 11.2. The van der Waals surface area contributed by atoms with Crippen molar-refractivity contribution >= 4 is 11.7 Å². The van der Waals surface area contributed by atoms with Crippen molar-refractivity contribution in [3.05, 3.63) is 46.9 Å². The van der Waals surface area contributed by atoms with Crippen LogP contribution < -0.4 is 0 Å². The Kier molecular flexibility index (Phi) is 2.84. The Bertz CT molecular complexity index is 837. The van der Waals surface area contributed by atoms with Crippen LogP contribution in [0.15, 0.2) is 29.4 Å². The number of aromatic nitrogens is 2. The van der Waals surface area contributed by atoms with Gasteiger partial charge in [-0.1, -0.05) is 29.4 Å². The maximum atomic E-state index is 11.2. The van der Waals surface area contributed by atoms with E-state index in [4.69, 9.17) is 15.2 Å². The highest BCUT2D eigenvalue weighted by Crippen LogP contribution is 2.34. The molecule has 3 rings (SSSR count). The van der Waals surface area contributed by atoms with Crippen LogP contribution in [0.25, 0.3) is 11.3 Å². The minimum atomic E-state index is -1.29. The molecule has 0 saturated carbocycles. The van der Waals surface area contributed by atoms with E-state index in [1.807, 2.05) is 12.1 Å². The van der Waals surface area contributed by atoms with Crippen LogP contribution in [-0.4, -0.2) is 33.9 Å². The van der Waals surface area contributed by atoms with E-state index >= 15 is 0 Å². The molecule has 7 nitrogen and oxygen atoms in total. The third-order valence-corrected chi connectivity index (χ3v) is 3.05. The topological polar surface area (TPSA) is 108 Å². The van der Waals surface area contributed by atoms with Gasteiger partial charge in [-0.2, -0.15) is 5.26 Å². The fourth-order valence-corrected chi connectivity index (χ4v) is 2.22. The number of carboxylic acids is 1. The molecule has 102 valence electrons. The van der Waals surface area contributed by atoms with Gasteiger partial charge >= 0.3 is 5.97 Å². The Balaban J connectivity index is 2.37. The number of benzene rings is 1. The second kappa shape index (κ2) is 4.68. The normalized spacial score (nSPS) is 13.4. The summed E-state index contributed by atoms with van der Waals surface area (Å²) < 4.78 is 0.